The molecular formula is C16H16Cl2N2O2. The maximum Gasteiger partial charge on any atom is 0.161 e. The molecular weight excluding hydrogens is 323 g/mol. The van der Waals surface area contributed by atoms with Crippen LogP contribution in [0.15, 0.2) is 41.5 Å². The van der Waals surface area contributed by atoms with Crippen LogP contribution in [0.4, 0.5) is 5.69 Å². The van der Waals surface area contributed by atoms with Crippen molar-refractivity contribution in [1.29, 1.82) is 0 Å². The second-order valence-corrected chi connectivity index (χ2v) is 5.16. The highest BCUT2D eigenvalue weighted by Gasteiger charge is 2.04. The van der Waals surface area contributed by atoms with Crippen LogP contribution in [0.3, 0.4) is 0 Å². The fourth-order valence-electron chi connectivity index (χ4n) is 1.79. The molecule has 0 bridgehead atoms. The van der Waals surface area contributed by atoms with E-state index in [4.69, 9.17) is 32.7 Å². The van der Waals surface area contributed by atoms with Gasteiger partial charge >= 0.3 is 0 Å². The molecule has 0 heterocycles. The summed E-state index contributed by atoms with van der Waals surface area (Å²) >= 11 is 11.8. The van der Waals surface area contributed by atoms with Gasteiger partial charge < -0.3 is 9.47 Å². The van der Waals surface area contributed by atoms with Crippen molar-refractivity contribution in [1.82, 2.24) is 0 Å². The summed E-state index contributed by atoms with van der Waals surface area (Å²) in [6, 6.07) is 10.8. The van der Waals surface area contributed by atoms with Crippen molar-refractivity contribution in [3.8, 4) is 11.5 Å². The predicted molar refractivity (Wildman–Crippen MR) is 91.8 cm³/mol. The number of hydrogen-bond acceptors (Lipinski definition) is 4. The predicted octanol–water partition coefficient (Wildman–Crippen LogP) is 4.85. The molecule has 0 aliphatic carbocycles. The normalized spacial score (nSPS) is 10.7. The zero-order chi connectivity index (χ0) is 15.9. The lowest BCUT2D eigenvalue weighted by atomic mass is 10.2. The first kappa shape index (κ1) is 16.5. The molecule has 0 spiro atoms. The average molecular weight is 339 g/mol. The molecule has 0 saturated carbocycles. The first-order valence-corrected chi connectivity index (χ1v) is 7.44. The van der Waals surface area contributed by atoms with Crippen molar-refractivity contribution >= 4 is 35.1 Å². The molecule has 2 aromatic carbocycles. The van der Waals surface area contributed by atoms with E-state index in [2.05, 4.69) is 10.5 Å². The van der Waals surface area contributed by atoms with E-state index in [0.717, 1.165) is 11.3 Å². The van der Waals surface area contributed by atoms with Crippen molar-refractivity contribution in [2.24, 2.45) is 5.10 Å². The minimum Gasteiger partial charge on any atom is -0.493 e. The first-order chi connectivity index (χ1) is 10.6. The highest BCUT2D eigenvalue weighted by atomic mass is 35.5. The number of benzene rings is 2. The number of ether oxygens (including phenoxy) is 2. The van der Waals surface area contributed by atoms with E-state index < -0.39 is 0 Å². The van der Waals surface area contributed by atoms with Gasteiger partial charge in [0, 0.05) is 0 Å². The van der Waals surface area contributed by atoms with E-state index in [1.807, 2.05) is 25.1 Å². The van der Waals surface area contributed by atoms with Gasteiger partial charge in [-0.2, -0.15) is 5.10 Å². The fraction of sp³-hybridized carbons (Fsp3) is 0.188. The number of halogens is 2. The lowest BCUT2D eigenvalue weighted by molar-refractivity contribution is 0.311. The van der Waals surface area contributed by atoms with Crippen molar-refractivity contribution in [2.45, 2.75) is 6.92 Å². The molecule has 0 atom stereocenters. The number of nitrogens with zero attached hydrogens (tertiary/aromatic N) is 1. The number of methoxy groups -OCH3 is 1. The molecule has 0 aliphatic heterocycles. The summed E-state index contributed by atoms with van der Waals surface area (Å²) in [7, 11) is 1.60. The third-order valence-electron chi connectivity index (χ3n) is 2.81. The number of hydrazone groups is 1. The highest BCUT2D eigenvalue weighted by molar-refractivity contribution is 6.42. The minimum absolute atomic E-state index is 0.476. The van der Waals surface area contributed by atoms with Gasteiger partial charge in [0.15, 0.2) is 11.5 Å². The van der Waals surface area contributed by atoms with E-state index in [1.165, 1.54) is 0 Å². The van der Waals surface area contributed by atoms with E-state index in [9.17, 15) is 0 Å². The molecule has 6 heteroatoms. The molecule has 2 aromatic rings. The molecule has 0 aliphatic rings. The summed E-state index contributed by atoms with van der Waals surface area (Å²) in [6.45, 7) is 2.51. The van der Waals surface area contributed by atoms with E-state index in [0.29, 0.717) is 28.2 Å². The van der Waals surface area contributed by atoms with Crippen molar-refractivity contribution in [3.63, 3.8) is 0 Å². The molecule has 0 unspecified atom stereocenters. The number of nitrogens with one attached hydrogen (secondary N) is 1. The Bertz CT molecular complexity index is 675. The van der Waals surface area contributed by atoms with Gasteiger partial charge in [0.1, 0.15) is 0 Å². The summed E-state index contributed by atoms with van der Waals surface area (Å²) in [5.41, 5.74) is 4.53. The summed E-state index contributed by atoms with van der Waals surface area (Å²) in [4.78, 5) is 0. The Morgan fingerprint density at radius 3 is 2.59 bits per heavy atom. The van der Waals surface area contributed by atoms with Crippen LogP contribution >= 0.6 is 23.2 Å². The van der Waals surface area contributed by atoms with Crippen molar-refractivity contribution < 1.29 is 9.47 Å². The molecule has 1 N–H and O–H groups in total. The van der Waals surface area contributed by atoms with Gasteiger partial charge in [-0.05, 0) is 48.9 Å². The monoisotopic (exact) mass is 338 g/mol. The first-order valence-electron chi connectivity index (χ1n) is 6.69. The van der Waals surface area contributed by atoms with Crippen LogP contribution < -0.4 is 14.9 Å². The Labute approximate surface area is 139 Å². The summed E-state index contributed by atoms with van der Waals surface area (Å²) in [6.07, 6.45) is 1.68. The van der Waals surface area contributed by atoms with Gasteiger partial charge in [-0.15, -0.1) is 0 Å². The molecule has 0 saturated heterocycles. The number of hydrogen-bond donors (Lipinski definition) is 1. The van der Waals surface area contributed by atoms with Gasteiger partial charge in [-0.25, -0.2) is 0 Å². The van der Waals surface area contributed by atoms with Gasteiger partial charge in [-0.3, -0.25) is 5.43 Å². The Morgan fingerprint density at radius 1 is 1.09 bits per heavy atom. The molecule has 0 radical (unpaired) electrons. The van der Waals surface area contributed by atoms with Crippen LogP contribution in [0, 0.1) is 0 Å². The zero-order valence-corrected chi connectivity index (χ0v) is 13.8. The molecule has 0 fully saturated rings. The largest absolute Gasteiger partial charge is 0.493 e. The third-order valence-corrected chi connectivity index (χ3v) is 3.55. The van der Waals surface area contributed by atoms with Gasteiger partial charge in [-0.1, -0.05) is 23.2 Å². The van der Waals surface area contributed by atoms with Crippen LogP contribution in [-0.2, 0) is 0 Å². The standard InChI is InChI=1S/C16H16Cl2N2O2/c1-3-22-15-7-4-11(8-16(15)21-2)10-19-20-12-5-6-13(17)14(18)9-12/h4-10,20H,3H2,1-2H3. The van der Waals surface area contributed by atoms with E-state index >= 15 is 0 Å². The molecule has 0 aromatic heterocycles. The van der Waals surface area contributed by atoms with Crippen molar-refractivity contribution in [3.05, 3.63) is 52.0 Å². The second-order valence-electron chi connectivity index (χ2n) is 4.34. The lowest BCUT2D eigenvalue weighted by Gasteiger charge is -2.09. The van der Waals surface area contributed by atoms with E-state index in [-0.39, 0.29) is 0 Å². The molecule has 22 heavy (non-hydrogen) atoms. The fourth-order valence-corrected chi connectivity index (χ4v) is 2.08. The topological polar surface area (TPSA) is 42.8 Å². The number of anilines is 1. The van der Waals surface area contributed by atoms with Crippen LogP contribution in [0.2, 0.25) is 10.0 Å². The molecule has 4 nitrogen and oxygen atoms in total. The Morgan fingerprint density at radius 2 is 1.91 bits per heavy atom. The quantitative estimate of drug-likeness (QED) is 0.604. The smallest absolute Gasteiger partial charge is 0.161 e. The summed E-state index contributed by atoms with van der Waals surface area (Å²) in [5, 5.41) is 5.14. The Hall–Kier alpha value is -1.91. The minimum atomic E-state index is 0.476. The van der Waals surface area contributed by atoms with Gasteiger partial charge in [0.25, 0.3) is 0 Å². The maximum atomic E-state index is 5.94. The second kappa shape index (κ2) is 7.92. The Kier molecular flexibility index (Phi) is 5.92. The summed E-state index contributed by atoms with van der Waals surface area (Å²) in [5.74, 6) is 1.37. The molecule has 2 rings (SSSR count). The third kappa shape index (κ3) is 4.29. The SMILES string of the molecule is CCOc1ccc(C=NNc2ccc(Cl)c(Cl)c2)cc1OC. The van der Waals surface area contributed by atoms with Crippen LogP contribution in [0.25, 0.3) is 0 Å². The van der Waals surface area contributed by atoms with Crippen LogP contribution in [0.1, 0.15) is 12.5 Å². The maximum absolute atomic E-state index is 5.94. The van der Waals surface area contributed by atoms with E-state index in [1.54, 1.807) is 31.5 Å². The van der Waals surface area contributed by atoms with Crippen molar-refractivity contribution in [2.75, 3.05) is 19.1 Å². The lowest BCUT2D eigenvalue weighted by Crippen LogP contribution is -1.97. The molecule has 116 valence electrons. The summed E-state index contributed by atoms with van der Waals surface area (Å²) < 4.78 is 10.8. The van der Waals surface area contributed by atoms with Crippen LogP contribution in [-0.4, -0.2) is 19.9 Å². The Balaban J connectivity index is 2.07. The highest BCUT2D eigenvalue weighted by Crippen LogP contribution is 2.27. The average Bonchev–Trinajstić information content (AvgIpc) is 2.52. The molecule has 0 amide bonds. The number of rotatable bonds is 6. The zero-order valence-electron chi connectivity index (χ0n) is 12.3. The van der Waals surface area contributed by atoms with Crippen LogP contribution in [0.5, 0.6) is 11.5 Å². The van der Waals surface area contributed by atoms with Gasteiger partial charge in [0.05, 0.1) is 35.7 Å². The van der Waals surface area contributed by atoms with Gasteiger partial charge in [0.2, 0.25) is 0 Å².